The summed E-state index contributed by atoms with van der Waals surface area (Å²) in [4.78, 5) is 163. The molecule has 11 amide bonds. The predicted molar refractivity (Wildman–Crippen MR) is 335 cm³/mol. The number of carbonyl (C=O) groups excluding carboxylic acids is 11. The molecule has 0 saturated carbocycles. The Hall–Kier alpha value is -6.39. The van der Waals surface area contributed by atoms with Crippen LogP contribution in [0, 0.1) is 41.4 Å². The molecule has 23 nitrogen and oxygen atoms in total. The zero-order valence-corrected chi connectivity index (χ0v) is 56.8. The van der Waals surface area contributed by atoms with Crippen LogP contribution in [0.4, 0.5) is 0 Å². The smallest absolute Gasteiger partial charge is 0.246 e. The molecule has 0 bridgehead atoms. The molecule has 0 aromatic heterocycles. The van der Waals surface area contributed by atoms with E-state index in [0.29, 0.717) is 18.4 Å². The third-order valence-corrected chi connectivity index (χ3v) is 16.1. The Balaban J connectivity index is 7.21. The molecule has 0 saturated heterocycles. The second-order valence-corrected chi connectivity index (χ2v) is 25.8. The highest BCUT2D eigenvalue weighted by Gasteiger charge is 2.45. The van der Waals surface area contributed by atoms with Gasteiger partial charge in [0.05, 0.1) is 18.6 Å². The zero-order chi connectivity index (χ0) is 67.3. The van der Waals surface area contributed by atoms with E-state index in [0.717, 1.165) is 14.7 Å². The lowest BCUT2D eigenvalue weighted by molar-refractivity contribution is -0.157. The molecule has 0 aromatic carbocycles. The van der Waals surface area contributed by atoms with Crippen molar-refractivity contribution in [3.63, 3.8) is 0 Å². The number of aliphatic hydroxyl groups is 1. The molecule has 0 spiro atoms. The predicted octanol–water partition coefficient (Wildman–Crippen LogP) is 3.81. The normalized spacial score (nSPS) is 15.9. The third kappa shape index (κ3) is 23.4. The molecule has 0 aromatic rings. The van der Waals surface area contributed by atoms with Gasteiger partial charge in [0.15, 0.2) is 0 Å². The van der Waals surface area contributed by atoms with Crippen molar-refractivity contribution in [2.45, 2.75) is 217 Å². The summed E-state index contributed by atoms with van der Waals surface area (Å²) in [6.45, 7) is 33.5. The van der Waals surface area contributed by atoms with Crippen molar-refractivity contribution >= 4 is 65.0 Å². The fourth-order valence-electron chi connectivity index (χ4n) is 10.1. The first-order chi connectivity index (χ1) is 39.5. The minimum atomic E-state index is -1.60. The van der Waals surface area contributed by atoms with Gasteiger partial charge in [-0.25, -0.2) is 0 Å². The molecule has 23 heteroatoms. The summed E-state index contributed by atoms with van der Waals surface area (Å²) in [7, 11) is 9.98. The van der Waals surface area contributed by atoms with Crippen LogP contribution in [0.15, 0.2) is 24.3 Å². The van der Waals surface area contributed by atoms with Crippen LogP contribution in [0.2, 0.25) is 0 Å². The number of primary amides is 1. The monoisotopic (exact) mass is 1220 g/mol. The van der Waals surface area contributed by atoms with Gasteiger partial charge in [-0.3, -0.25) is 52.7 Å². The maximum absolute atomic E-state index is 15.1. The van der Waals surface area contributed by atoms with E-state index in [9.17, 15) is 43.5 Å². The molecule has 12 atom stereocenters. The van der Waals surface area contributed by atoms with Gasteiger partial charge in [-0.1, -0.05) is 107 Å². The van der Waals surface area contributed by atoms with Crippen molar-refractivity contribution < 1.29 is 57.8 Å². The number of allylic oxidation sites excluding steroid dienone is 2. The molecule has 0 aliphatic heterocycles. The number of nitrogens with one attached hydrogen (secondary N) is 3. The van der Waals surface area contributed by atoms with E-state index in [1.165, 1.54) is 75.7 Å². The molecule has 0 heterocycles. The van der Waals surface area contributed by atoms with Gasteiger partial charge in [0, 0.05) is 49.3 Å². The lowest BCUT2D eigenvalue weighted by Crippen LogP contribution is -2.63. The van der Waals surface area contributed by atoms with E-state index >= 15 is 14.4 Å². The summed E-state index contributed by atoms with van der Waals surface area (Å²) in [6, 6.07) is -10.5. The van der Waals surface area contributed by atoms with E-state index < -0.39 is 144 Å². The number of amides is 11. The number of likely N-dealkylation sites (N-methyl/N-ethyl adjacent to an activating group) is 7. The minimum absolute atomic E-state index is 0.0150. The van der Waals surface area contributed by atoms with Crippen molar-refractivity contribution in [3.8, 4) is 0 Å². The van der Waals surface area contributed by atoms with Gasteiger partial charge in [-0.15, -0.1) is 0 Å². The van der Waals surface area contributed by atoms with Gasteiger partial charge in [0.25, 0.3) is 0 Å². The molecule has 86 heavy (non-hydrogen) atoms. The summed E-state index contributed by atoms with van der Waals surface area (Å²) >= 11 is 0. The third-order valence-electron chi connectivity index (χ3n) is 16.1. The lowest BCUT2D eigenvalue weighted by Gasteiger charge is -2.41. The number of rotatable bonds is 36. The van der Waals surface area contributed by atoms with Crippen LogP contribution in [-0.2, 0) is 52.7 Å². The van der Waals surface area contributed by atoms with E-state index in [1.54, 1.807) is 67.7 Å². The van der Waals surface area contributed by atoms with Crippen LogP contribution in [0.1, 0.15) is 156 Å². The molecular formula is C63H113N11O12. The molecular weight excluding hydrogens is 1100 g/mol. The Labute approximate surface area is 515 Å². The Morgan fingerprint density at radius 2 is 0.942 bits per heavy atom. The average molecular weight is 1220 g/mol. The number of hydrogen-bond acceptors (Lipinski definition) is 12. The van der Waals surface area contributed by atoms with Crippen LogP contribution in [0.3, 0.4) is 0 Å². The molecule has 6 N–H and O–H groups in total. The first-order valence-corrected chi connectivity index (χ1v) is 30.5. The SMILES string of the molecule is C=C(C)[C@@H](C)C(=O)N(C)[C@@H](CC(C)C)C(=O)N[C@H](CC(C)C)C(=O)N[C@@H](C)C(=O)N(C)[C@H](CC(C)C)C(=O)N(C)[C@H](CC(C)C)C(=O)N(C)[C@H](C(=O)N(C)C(C(=O)N[C@@H](CC)C(=O)N(C)CC(=O)N(C)[C@@H](C)C(N)=O)[C@@H](O)[C@H](C)C/C=C/C)C(C)C. The standard InChI is InChI=1S/C63H113N11O12/c1-26-28-29-41(15)53(76)52(57(80)66-45(27-2)60(83)68(19)34-50(75)69(20)44(18)54(64)77)74(25)63(86)51(40(13)14)73(24)62(85)49(33-38(9)10)72(23)61(84)48(32-37(7)8)71(22)59(82)43(17)65-55(78)46(30-35(3)4)67-56(79)47(31-36(5)6)70(21)58(81)42(16)39(11)12/h26,28,35-38,40-49,51-53,76H,11,27,29-34H2,1-10,12-25H3,(H2,64,77)(H,65,78)(H,66,80)(H,67,79)/b28-26+/t41-,42-,43+,44+,45+,46-,47+,48-,49-,51+,52?,53+/m1/s1. The summed E-state index contributed by atoms with van der Waals surface area (Å²) < 4.78 is 0. The van der Waals surface area contributed by atoms with Crippen LogP contribution in [0.5, 0.6) is 0 Å². The first-order valence-electron chi connectivity index (χ1n) is 30.5. The van der Waals surface area contributed by atoms with Crippen molar-refractivity contribution in [2.24, 2.45) is 47.2 Å². The first kappa shape index (κ1) is 79.6. The largest absolute Gasteiger partial charge is 0.390 e. The summed E-state index contributed by atoms with van der Waals surface area (Å²) in [6.07, 6.45) is 3.28. The quantitative estimate of drug-likeness (QED) is 0.0560. The molecule has 0 aliphatic rings. The number of hydrogen-bond donors (Lipinski definition) is 5. The van der Waals surface area contributed by atoms with Crippen molar-refractivity contribution in [1.82, 2.24) is 50.2 Å². The van der Waals surface area contributed by atoms with Gasteiger partial charge >= 0.3 is 0 Å². The highest BCUT2D eigenvalue weighted by molar-refractivity contribution is 5.99. The van der Waals surface area contributed by atoms with Gasteiger partial charge in [0.1, 0.15) is 54.4 Å². The van der Waals surface area contributed by atoms with Crippen molar-refractivity contribution in [2.75, 3.05) is 55.9 Å². The highest BCUT2D eigenvalue weighted by Crippen LogP contribution is 2.25. The molecule has 492 valence electrons. The Morgan fingerprint density at radius 3 is 1.37 bits per heavy atom. The van der Waals surface area contributed by atoms with Gasteiger partial charge in [-0.05, 0) is 109 Å². The van der Waals surface area contributed by atoms with Gasteiger partial charge < -0.3 is 61.1 Å². The maximum Gasteiger partial charge on any atom is 0.246 e. The highest BCUT2D eigenvalue weighted by atomic mass is 16.3. The minimum Gasteiger partial charge on any atom is -0.390 e. The van der Waals surface area contributed by atoms with Gasteiger partial charge in [-0.2, -0.15) is 0 Å². The van der Waals surface area contributed by atoms with Crippen LogP contribution in [-0.4, -0.2) is 221 Å². The number of nitrogens with zero attached hydrogens (tertiary/aromatic N) is 7. The Kier molecular flexibility index (Phi) is 34.0. The lowest BCUT2D eigenvalue weighted by atomic mass is 9.91. The summed E-state index contributed by atoms with van der Waals surface area (Å²) in [5, 5.41) is 20.3. The summed E-state index contributed by atoms with van der Waals surface area (Å²) in [5.74, 6) is -8.95. The van der Waals surface area contributed by atoms with Crippen LogP contribution in [0.25, 0.3) is 0 Å². The number of carbonyl (C=O) groups is 11. The fraction of sp³-hybridized carbons (Fsp3) is 0.762. The van der Waals surface area contributed by atoms with Crippen LogP contribution < -0.4 is 21.7 Å². The molecule has 1 unspecified atom stereocenters. The average Bonchev–Trinajstić information content (AvgIpc) is 2.78. The summed E-state index contributed by atoms with van der Waals surface area (Å²) in [5.41, 5.74) is 6.02. The second-order valence-electron chi connectivity index (χ2n) is 25.8. The van der Waals surface area contributed by atoms with Crippen molar-refractivity contribution in [3.05, 3.63) is 24.3 Å². The molecule has 0 aliphatic carbocycles. The van der Waals surface area contributed by atoms with Crippen molar-refractivity contribution in [1.29, 1.82) is 0 Å². The maximum atomic E-state index is 15.1. The van der Waals surface area contributed by atoms with E-state index in [-0.39, 0.29) is 55.3 Å². The van der Waals surface area contributed by atoms with Crippen LogP contribution >= 0.6 is 0 Å². The van der Waals surface area contributed by atoms with E-state index in [2.05, 4.69) is 22.5 Å². The zero-order valence-electron chi connectivity index (χ0n) is 56.8. The molecule has 0 fully saturated rings. The Morgan fingerprint density at radius 1 is 0.512 bits per heavy atom. The topological polar surface area (TPSA) is 293 Å². The van der Waals surface area contributed by atoms with E-state index in [1.807, 2.05) is 55.4 Å². The Bertz CT molecular complexity index is 2360. The molecule has 0 radical (unpaired) electrons. The molecule has 0 rings (SSSR count). The number of nitrogens with two attached hydrogens (primary N) is 1. The van der Waals surface area contributed by atoms with Gasteiger partial charge in [0.2, 0.25) is 65.0 Å². The second kappa shape index (κ2) is 36.7. The van der Waals surface area contributed by atoms with E-state index in [4.69, 9.17) is 5.73 Å². The number of aliphatic hydroxyl groups excluding tert-OH is 1. The fourth-order valence-corrected chi connectivity index (χ4v) is 10.1.